The normalized spacial score (nSPS) is 12.3. The summed E-state index contributed by atoms with van der Waals surface area (Å²) in [5, 5.41) is 6.56. The Balaban J connectivity index is 7.75. The SMILES string of the molecule is C=CCC(C=C)(CC=C)[Si](N)(C(C=C)(CC=C)CC=C)C(C=C)(CC=C)CC=C. The predicted molar refractivity (Wildman–Crippen MR) is 137 cm³/mol. The summed E-state index contributed by atoms with van der Waals surface area (Å²) in [6.07, 6.45) is 21.9. The third kappa shape index (κ3) is 4.39. The summed E-state index contributed by atoms with van der Waals surface area (Å²) in [5.41, 5.74) is 0. The largest absolute Gasteiger partial charge is 0.349 e. The Morgan fingerprint density at radius 3 is 0.724 bits per heavy atom. The van der Waals surface area contributed by atoms with Crippen molar-refractivity contribution >= 4 is 8.24 Å². The monoisotopic (exact) mass is 407 g/mol. The molecule has 1 nitrogen and oxygen atoms in total. The van der Waals surface area contributed by atoms with Gasteiger partial charge in [0.1, 0.15) is 0 Å². The van der Waals surface area contributed by atoms with Crippen LogP contribution in [-0.2, 0) is 0 Å². The van der Waals surface area contributed by atoms with E-state index >= 15 is 0 Å². The van der Waals surface area contributed by atoms with Crippen molar-refractivity contribution in [2.45, 2.75) is 53.6 Å². The first-order valence-electron chi connectivity index (χ1n) is 10.1. The zero-order chi connectivity index (χ0) is 22.6. The molecule has 0 heterocycles. The Morgan fingerprint density at radius 2 is 0.621 bits per heavy atom. The molecule has 0 aromatic carbocycles. The van der Waals surface area contributed by atoms with Gasteiger partial charge in [0.15, 0.2) is 8.24 Å². The lowest BCUT2D eigenvalue weighted by Gasteiger charge is -2.62. The Morgan fingerprint density at radius 1 is 0.448 bits per heavy atom. The van der Waals surface area contributed by atoms with Crippen molar-refractivity contribution in [3.63, 3.8) is 0 Å². The van der Waals surface area contributed by atoms with Crippen LogP contribution in [0.5, 0.6) is 0 Å². The first-order valence-corrected chi connectivity index (χ1v) is 12.2. The highest BCUT2D eigenvalue weighted by Gasteiger charge is 2.67. The van der Waals surface area contributed by atoms with Crippen molar-refractivity contribution in [2.24, 2.45) is 5.40 Å². The predicted octanol–water partition coefficient (Wildman–Crippen LogP) is 8.13. The van der Waals surface area contributed by atoms with Gasteiger partial charge in [0.25, 0.3) is 0 Å². The maximum Gasteiger partial charge on any atom is 0.155 e. The molecule has 0 aromatic rings. The molecule has 0 fully saturated rings. The van der Waals surface area contributed by atoms with E-state index in [1.165, 1.54) is 0 Å². The van der Waals surface area contributed by atoms with E-state index in [4.69, 9.17) is 5.40 Å². The Kier molecular flexibility index (Phi) is 10.9. The molecular weight excluding hydrogens is 366 g/mol. The molecule has 2 heteroatoms. The lowest BCUT2D eigenvalue weighted by atomic mass is 9.96. The zero-order valence-electron chi connectivity index (χ0n) is 18.4. The van der Waals surface area contributed by atoms with E-state index < -0.39 is 23.4 Å². The van der Waals surface area contributed by atoms with Gasteiger partial charge in [-0.25, -0.2) is 0 Å². The van der Waals surface area contributed by atoms with Gasteiger partial charge in [-0.15, -0.1) is 59.2 Å². The third-order valence-electron chi connectivity index (χ3n) is 6.58. The lowest BCUT2D eigenvalue weighted by molar-refractivity contribution is 0.497. The van der Waals surface area contributed by atoms with E-state index in [1.54, 1.807) is 0 Å². The van der Waals surface area contributed by atoms with E-state index in [9.17, 15) is 0 Å². The molecule has 2 N–H and O–H groups in total. The van der Waals surface area contributed by atoms with Crippen molar-refractivity contribution in [1.29, 1.82) is 0 Å². The quantitative estimate of drug-likeness (QED) is 0.180. The molecule has 0 atom stereocenters. The standard InChI is InChI=1S/C27H41NSi/c1-10-19-25(16-7,20-11-2)29(28,26(17-8,21-12-3)22-13-4)27(18-9,23-14-5)24-15-6/h10-18H,1-9,19-24,28H2. The second-order valence-electron chi connectivity index (χ2n) is 7.85. The molecule has 0 aromatic heterocycles. The molecule has 158 valence electrons. The highest BCUT2D eigenvalue weighted by atomic mass is 28.3. The number of hydrogen-bond donors (Lipinski definition) is 1. The molecule has 0 aliphatic heterocycles. The first kappa shape index (κ1) is 26.8. The molecule has 0 rings (SSSR count). The average molecular weight is 408 g/mol. The van der Waals surface area contributed by atoms with Crippen molar-refractivity contribution in [3.05, 3.63) is 114 Å². The smallest absolute Gasteiger partial charge is 0.155 e. The molecule has 0 spiro atoms. The second kappa shape index (κ2) is 11.7. The van der Waals surface area contributed by atoms with Gasteiger partial charge < -0.3 is 5.40 Å². The highest BCUT2D eigenvalue weighted by Crippen LogP contribution is 2.69. The summed E-state index contributed by atoms with van der Waals surface area (Å²) < 4.78 is 0. The molecule has 0 saturated carbocycles. The van der Waals surface area contributed by atoms with Crippen molar-refractivity contribution in [3.8, 4) is 0 Å². The van der Waals surface area contributed by atoms with Crippen molar-refractivity contribution in [1.82, 2.24) is 0 Å². The fourth-order valence-electron chi connectivity index (χ4n) is 5.23. The van der Waals surface area contributed by atoms with Gasteiger partial charge in [-0.1, -0.05) is 54.7 Å². The maximum atomic E-state index is 7.82. The van der Waals surface area contributed by atoms with Gasteiger partial charge in [-0.2, -0.15) is 0 Å². The molecule has 0 radical (unpaired) electrons. The van der Waals surface area contributed by atoms with Gasteiger partial charge in [-0.3, -0.25) is 0 Å². The maximum absolute atomic E-state index is 7.82. The molecule has 0 amide bonds. The minimum absolute atomic E-state index is 0.420. The summed E-state index contributed by atoms with van der Waals surface area (Å²) in [6.45, 7) is 37.0. The van der Waals surface area contributed by atoms with Crippen molar-refractivity contribution in [2.75, 3.05) is 0 Å². The fraction of sp³-hybridized carbons (Fsp3) is 0.333. The van der Waals surface area contributed by atoms with Crippen molar-refractivity contribution < 1.29 is 0 Å². The molecule has 29 heavy (non-hydrogen) atoms. The summed E-state index contributed by atoms with van der Waals surface area (Å²) >= 11 is 0. The van der Waals surface area contributed by atoms with E-state index in [0.717, 1.165) is 0 Å². The minimum atomic E-state index is -3.00. The molecule has 0 bridgehead atoms. The van der Waals surface area contributed by atoms with Crippen LogP contribution in [0.1, 0.15) is 38.5 Å². The van der Waals surface area contributed by atoms with E-state index in [1.807, 2.05) is 54.7 Å². The van der Waals surface area contributed by atoms with Crippen LogP contribution in [-0.4, -0.2) is 8.24 Å². The van der Waals surface area contributed by atoms with Crippen LogP contribution in [0.4, 0.5) is 0 Å². The minimum Gasteiger partial charge on any atom is -0.349 e. The first-order chi connectivity index (χ1) is 13.8. The third-order valence-corrected chi connectivity index (χ3v) is 13.1. The van der Waals surface area contributed by atoms with Gasteiger partial charge in [0, 0.05) is 15.1 Å². The van der Waals surface area contributed by atoms with E-state index in [-0.39, 0.29) is 0 Å². The topological polar surface area (TPSA) is 26.0 Å². The van der Waals surface area contributed by atoms with E-state index in [0.29, 0.717) is 38.5 Å². The van der Waals surface area contributed by atoms with Crippen LogP contribution in [0.15, 0.2) is 114 Å². The second-order valence-corrected chi connectivity index (χ2v) is 12.4. The molecular formula is C27H41NSi. The van der Waals surface area contributed by atoms with Crippen LogP contribution in [0, 0.1) is 0 Å². The molecule has 0 unspecified atom stereocenters. The Bertz CT molecular complexity index is 533. The van der Waals surface area contributed by atoms with Crippen LogP contribution < -0.4 is 5.40 Å². The number of allylic oxidation sites excluding steroid dienone is 9. The summed E-state index contributed by atoms with van der Waals surface area (Å²) in [4.78, 5) is 0. The number of nitrogens with two attached hydrogens (primary N) is 1. The average Bonchev–Trinajstić information content (AvgIpc) is 2.72. The molecule has 0 saturated heterocycles. The lowest BCUT2D eigenvalue weighted by Crippen LogP contribution is -2.70. The van der Waals surface area contributed by atoms with Gasteiger partial charge >= 0.3 is 0 Å². The number of rotatable bonds is 18. The summed E-state index contributed by atoms with van der Waals surface area (Å²) in [6, 6.07) is 0. The summed E-state index contributed by atoms with van der Waals surface area (Å²) in [7, 11) is -3.00. The van der Waals surface area contributed by atoms with Gasteiger partial charge in [0.2, 0.25) is 0 Å². The zero-order valence-corrected chi connectivity index (χ0v) is 19.4. The molecule has 0 aliphatic rings. The van der Waals surface area contributed by atoms with Gasteiger partial charge in [-0.05, 0) is 38.5 Å². The van der Waals surface area contributed by atoms with Crippen LogP contribution in [0.3, 0.4) is 0 Å². The fourth-order valence-corrected chi connectivity index (χ4v) is 12.0. The van der Waals surface area contributed by atoms with Crippen LogP contribution in [0.2, 0.25) is 15.1 Å². The van der Waals surface area contributed by atoms with Gasteiger partial charge in [0.05, 0.1) is 0 Å². The Hall–Kier alpha value is -2.16. The van der Waals surface area contributed by atoms with Crippen LogP contribution >= 0.6 is 0 Å². The summed E-state index contributed by atoms with van der Waals surface area (Å²) in [5.74, 6) is 0. The highest BCUT2D eigenvalue weighted by molar-refractivity contribution is 6.87. The van der Waals surface area contributed by atoms with Crippen LogP contribution in [0.25, 0.3) is 0 Å². The van der Waals surface area contributed by atoms with E-state index in [2.05, 4.69) is 59.2 Å². The Labute approximate surface area is 181 Å². The number of hydrogen-bond acceptors (Lipinski definition) is 1. The molecule has 0 aliphatic carbocycles.